The van der Waals surface area contributed by atoms with Crippen LogP contribution in [0.1, 0.15) is 28.1 Å². The van der Waals surface area contributed by atoms with Gasteiger partial charge in [0, 0.05) is 23.2 Å². The van der Waals surface area contributed by atoms with Crippen molar-refractivity contribution in [2.24, 2.45) is 0 Å². The maximum Gasteiger partial charge on any atom is 0.264 e. The van der Waals surface area contributed by atoms with E-state index < -0.39 is 0 Å². The summed E-state index contributed by atoms with van der Waals surface area (Å²) >= 11 is 1.39. The van der Waals surface area contributed by atoms with Crippen LogP contribution in [-0.2, 0) is 0 Å². The average Bonchev–Trinajstić information content (AvgIpc) is 2.85. The highest BCUT2D eigenvalue weighted by atomic mass is 35.5. The number of rotatable bonds is 2. The highest BCUT2D eigenvalue weighted by Crippen LogP contribution is 2.33. The number of aryl methyl sites for hydroxylation is 1. The first-order valence-corrected chi connectivity index (χ1v) is 8.06. The van der Waals surface area contributed by atoms with Crippen LogP contribution in [0.4, 0.5) is 4.39 Å². The first kappa shape index (κ1) is 17.2. The Kier molecular flexibility index (Phi) is 5.42. The van der Waals surface area contributed by atoms with Crippen molar-refractivity contribution >= 4 is 39.7 Å². The maximum atomic E-state index is 14.0. The molecule has 1 saturated heterocycles. The molecule has 2 heterocycles. The van der Waals surface area contributed by atoms with Gasteiger partial charge < -0.3 is 10.2 Å². The monoisotopic (exact) mass is 342 g/mol. The highest BCUT2D eigenvalue weighted by molar-refractivity contribution is 7.21. The Bertz CT molecular complexity index is 682. The van der Waals surface area contributed by atoms with E-state index in [0.29, 0.717) is 10.3 Å². The third kappa shape index (κ3) is 2.98. The summed E-state index contributed by atoms with van der Waals surface area (Å²) in [7, 11) is 1.86. The molecular formula is C16H20ClFN2OS. The predicted molar refractivity (Wildman–Crippen MR) is 91.8 cm³/mol. The summed E-state index contributed by atoms with van der Waals surface area (Å²) in [6.45, 7) is 3.73. The van der Waals surface area contributed by atoms with Crippen LogP contribution >= 0.6 is 23.7 Å². The summed E-state index contributed by atoms with van der Waals surface area (Å²) < 4.78 is 14.8. The fraction of sp³-hybridized carbons (Fsp3) is 0.438. The van der Waals surface area contributed by atoms with E-state index in [9.17, 15) is 9.18 Å². The molecule has 6 heteroatoms. The van der Waals surface area contributed by atoms with E-state index in [1.165, 1.54) is 17.4 Å². The number of fused-ring (bicyclic) bond motifs is 1. The number of thiophene rings is 1. The summed E-state index contributed by atoms with van der Waals surface area (Å²) in [5, 5.41) is 3.89. The largest absolute Gasteiger partial charge is 0.338 e. The van der Waals surface area contributed by atoms with Crippen molar-refractivity contribution in [1.29, 1.82) is 0 Å². The molecular weight excluding hydrogens is 323 g/mol. The molecule has 1 N–H and O–H groups in total. The maximum absolute atomic E-state index is 14.0. The third-order valence-corrected chi connectivity index (χ3v) is 5.52. The average molecular weight is 343 g/mol. The molecule has 1 aromatic carbocycles. The van der Waals surface area contributed by atoms with E-state index in [0.717, 1.165) is 36.2 Å². The molecule has 3 nitrogen and oxygen atoms in total. The minimum Gasteiger partial charge on any atom is -0.338 e. The molecule has 0 saturated carbocycles. The molecule has 0 atom stereocenters. The van der Waals surface area contributed by atoms with Crippen LogP contribution in [0.2, 0.25) is 0 Å². The molecule has 0 radical (unpaired) electrons. The number of nitrogens with one attached hydrogen (secondary N) is 1. The molecule has 1 aliphatic heterocycles. The predicted octanol–water partition coefficient (Wildman–Crippen LogP) is 3.59. The van der Waals surface area contributed by atoms with E-state index in [1.807, 2.05) is 24.9 Å². The summed E-state index contributed by atoms with van der Waals surface area (Å²) in [6.07, 6.45) is 1.95. The van der Waals surface area contributed by atoms with E-state index in [2.05, 4.69) is 5.32 Å². The summed E-state index contributed by atoms with van der Waals surface area (Å²) in [4.78, 5) is 15.2. The summed E-state index contributed by atoms with van der Waals surface area (Å²) in [5.41, 5.74) is 0.763. The Morgan fingerprint density at radius 3 is 2.68 bits per heavy atom. The van der Waals surface area contributed by atoms with Crippen LogP contribution in [0, 0.1) is 12.7 Å². The van der Waals surface area contributed by atoms with Gasteiger partial charge in [0.15, 0.2) is 0 Å². The molecule has 120 valence electrons. The Morgan fingerprint density at radius 1 is 1.36 bits per heavy atom. The number of hydrogen-bond acceptors (Lipinski definition) is 3. The second kappa shape index (κ2) is 6.94. The lowest BCUT2D eigenvalue weighted by Gasteiger charge is -2.31. The van der Waals surface area contributed by atoms with Gasteiger partial charge in [-0.3, -0.25) is 4.79 Å². The fourth-order valence-electron chi connectivity index (χ4n) is 2.98. The smallest absolute Gasteiger partial charge is 0.264 e. The first-order chi connectivity index (χ1) is 10.1. The van der Waals surface area contributed by atoms with Gasteiger partial charge in [0.2, 0.25) is 0 Å². The van der Waals surface area contributed by atoms with Gasteiger partial charge in [0.05, 0.1) is 4.88 Å². The number of nitrogens with zero attached hydrogens (tertiary/aromatic N) is 1. The van der Waals surface area contributed by atoms with Gasteiger partial charge in [0.25, 0.3) is 5.91 Å². The van der Waals surface area contributed by atoms with Crippen molar-refractivity contribution in [3.05, 3.63) is 34.5 Å². The van der Waals surface area contributed by atoms with Crippen molar-refractivity contribution in [3.8, 4) is 0 Å². The Labute approximate surface area is 139 Å². The van der Waals surface area contributed by atoms with E-state index in [4.69, 9.17) is 0 Å². The molecule has 1 aromatic heterocycles. The van der Waals surface area contributed by atoms with Gasteiger partial charge >= 0.3 is 0 Å². The zero-order valence-electron chi connectivity index (χ0n) is 12.7. The number of carbonyl (C=O) groups excluding carboxylic acids is 1. The van der Waals surface area contributed by atoms with Gasteiger partial charge in [-0.2, -0.15) is 0 Å². The second-order valence-corrected chi connectivity index (χ2v) is 6.62. The Hall–Kier alpha value is -1.17. The van der Waals surface area contributed by atoms with Gasteiger partial charge in [-0.05, 0) is 50.6 Å². The van der Waals surface area contributed by atoms with Crippen LogP contribution in [0.3, 0.4) is 0 Å². The third-order valence-electron chi connectivity index (χ3n) is 4.27. The fourth-order valence-corrected chi connectivity index (χ4v) is 4.18. The number of piperidine rings is 1. The van der Waals surface area contributed by atoms with Crippen LogP contribution in [0.25, 0.3) is 10.1 Å². The van der Waals surface area contributed by atoms with Crippen molar-refractivity contribution in [3.63, 3.8) is 0 Å². The van der Waals surface area contributed by atoms with Crippen molar-refractivity contribution in [1.82, 2.24) is 10.2 Å². The number of carbonyl (C=O) groups is 1. The lowest BCUT2D eigenvalue weighted by atomic mass is 10.0. The van der Waals surface area contributed by atoms with Gasteiger partial charge in [-0.15, -0.1) is 23.7 Å². The highest BCUT2D eigenvalue weighted by Gasteiger charge is 2.26. The van der Waals surface area contributed by atoms with Crippen molar-refractivity contribution in [2.45, 2.75) is 25.8 Å². The zero-order valence-corrected chi connectivity index (χ0v) is 14.3. The minimum atomic E-state index is -0.246. The van der Waals surface area contributed by atoms with Crippen molar-refractivity contribution < 1.29 is 9.18 Å². The number of halogens is 2. The van der Waals surface area contributed by atoms with Crippen LogP contribution in [-0.4, -0.2) is 37.0 Å². The Morgan fingerprint density at radius 2 is 2.05 bits per heavy atom. The molecule has 1 amide bonds. The molecule has 2 aromatic rings. The summed E-state index contributed by atoms with van der Waals surface area (Å²) in [6, 6.07) is 5.29. The summed E-state index contributed by atoms with van der Waals surface area (Å²) in [5.74, 6) is -0.232. The normalized spacial score (nSPS) is 15.6. The lowest BCUT2D eigenvalue weighted by Crippen LogP contribution is -2.43. The molecule has 0 spiro atoms. The van der Waals surface area contributed by atoms with Gasteiger partial charge in [-0.1, -0.05) is 6.07 Å². The molecule has 0 aliphatic carbocycles. The topological polar surface area (TPSA) is 32.3 Å². The number of benzene rings is 1. The van der Waals surface area contributed by atoms with Crippen LogP contribution < -0.4 is 5.32 Å². The minimum absolute atomic E-state index is 0. The standard InChI is InChI=1S/C16H19FN2OS.ClH/c1-10-14-12(17)4-3-5-13(14)21-15(10)16(20)19(2)11-6-8-18-9-7-11;/h3-5,11,18H,6-9H2,1-2H3;1H. The van der Waals surface area contributed by atoms with E-state index in [1.54, 1.807) is 6.07 Å². The quantitative estimate of drug-likeness (QED) is 0.904. The van der Waals surface area contributed by atoms with Crippen LogP contribution in [0.5, 0.6) is 0 Å². The van der Waals surface area contributed by atoms with Gasteiger partial charge in [-0.25, -0.2) is 4.39 Å². The molecule has 1 aliphatic rings. The number of hydrogen-bond donors (Lipinski definition) is 1. The van der Waals surface area contributed by atoms with E-state index >= 15 is 0 Å². The number of amides is 1. The van der Waals surface area contributed by atoms with Gasteiger partial charge in [0.1, 0.15) is 5.82 Å². The molecule has 3 rings (SSSR count). The SMILES string of the molecule is Cc1c(C(=O)N(C)C2CCNCC2)sc2cccc(F)c12.Cl. The molecule has 0 unspecified atom stereocenters. The lowest BCUT2D eigenvalue weighted by molar-refractivity contribution is 0.0707. The van der Waals surface area contributed by atoms with Crippen molar-refractivity contribution in [2.75, 3.05) is 20.1 Å². The zero-order chi connectivity index (χ0) is 15.0. The molecule has 0 bridgehead atoms. The van der Waals surface area contributed by atoms with Crippen LogP contribution in [0.15, 0.2) is 18.2 Å². The Balaban J connectivity index is 0.00000176. The molecule has 1 fully saturated rings. The van der Waals surface area contributed by atoms with E-state index in [-0.39, 0.29) is 30.2 Å². The first-order valence-electron chi connectivity index (χ1n) is 7.25. The second-order valence-electron chi connectivity index (χ2n) is 5.57. The molecule has 22 heavy (non-hydrogen) atoms.